The Balaban J connectivity index is 1.53. The first kappa shape index (κ1) is 26.6. The second kappa shape index (κ2) is 10.9. The van der Waals surface area contributed by atoms with Crippen LogP contribution in [-0.4, -0.2) is 52.8 Å². The lowest BCUT2D eigenvalue weighted by atomic mass is 10.2. The molecule has 0 aromatic heterocycles. The second-order valence-corrected chi connectivity index (χ2v) is 12.3. The summed E-state index contributed by atoms with van der Waals surface area (Å²) in [5.74, 6) is -0.487. The Morgan fingerprint density at radius 1 is 0.919 bits per heavy atom. The topological polar surface area (TPSA) is 113 Å². The third-order valence-corrected chi connectivity index (χ3v) is 9.80. The summed E-state index contributed by atoms with van der Waals surface area (Å²) >= 11 is 0. The van der Waals surface area contributed by atoms with Crippen LogP contribution in [0.5, 0.6) is 5.75 Å². The molecule has 3 aromatic rings. The Hall–Kier alpha value is -3.41. The van der Waals surface area contributed by atoms with E-state index in [1.54, 1.807) is 62.4 Å². The van der Waals surface area contributed by atoms with Crippen molar-refractivity contribution in [1.82, 2.24) is 4.31 Å². The number of ether oxygens (including phenoxy) is 1. The van der Waals surface area contributed by atoms with E-state index in [0.29, 0.717) is 30.0 Å². The number of carbonyl (C=O) groups excluding carboxylic acids is 1. The average molecular weight is 544 g/mol. The van der Waals surface area contributed by atoms with E-state index in [2.05, 4.69) is 5.32 Å². The lowest BCUT2D eigenvalue weighted by Gasteiger charge is -2.34. The molecule has 0 saturated heterocycles. The summed E-state index contributed by atoms with van der Waals surface area (Å²) < 4.78 is 60.6. The van der Waals surface area contributed by atoms with Crippen LogP contribution in [0.15, 0.2) is 83.8 Å². The van der Waals surface area contributed by atoms with Crippen LogP contribution in [0.25, 0.3) is 0 Å². The molecule has 196 valence electrons. The van der Waals surface area contributed by atoms with Gasteiger partial charge in [-0.2, -0.15) is 4.31 Å². The van der Waals surface area contributed by atoms with Crippen molar-refractivity contribution in [2.24, 2.45) is 0 Å². The smallest absolute Gasteiger partial charge is 0.267 e. The molecule has 0 aliphatic carbocycles. The van der Waals surface area contributed by atoms with Gasteiger partial charge in [-0.15, -0.1) is 0 Å². The highest BCUT2D eigenvalue weighted by Gasteiger charge is 2.36. The van der Waals surface area contributed by atoms with Gasteiger partial charge < -0.3 is 10.1 Å². The van der Waals surface area contributed by atoms with E-state index in [4.69, 9.17) is 4.74 Å². The van der Waals surface area contributed by atoms with Crippen LogP contribution in [0.3, 0.4) is 0 Å². The van der Waals surface area contributed by atoms with Crippen LogP contribution in [-0.2, 0) is 30.6 Å². The molecule has 1 amide bonds. The van der Waals surface area contributed by atoms with Gasteiger partial charge in [0.1, 0.15) is 5.75 Å². The molecule has 1 atom stereocenters. The number of sulfonamides is 2. The number of para-hydroxylation sites is 2. The van der Waals surface area contributed by atoms with Crippen molar-refractivity contribution in [1.29, 1.82) is 0 Å². The minimum Gasteiger partial charge on any atom is -0.476 e. The molecule has 0 bridgehead atoms. The summed E-state index contributed by atoms with van der Waals surface area (Å²) in [4.78, 5) is 13.2. The fraction of sp³-hybridized carbons (Fsp3) is 0.269. The Bertz CT molecular complexity index is 1460. The van der Waals surface area contributed by atoms with Gasteiger partial charge in [-0.05, 0) is 42.0 Å². The molecule has 1 aliphatic heterocycles. The Labute approximate surface area is 217 Å². The van der Waals surface area contributed by atoms with Crippen LogP contribution in [0.2, 0.25) is 0 Å². The predicted molar refractivity (Wildman–Crippen MR) is 142 cm³/mol. The lowest BCUT2D eigenvalue weighted by molar-refractivity contribution is -0.122. The molecule has 1 N–H and O–H groups in total. The summed E-state index contributed by atoms with van der Waals surface area (Å²) in [6.07, 6.45) is -1.11. The Morgan fingerprint density at radius 3 is 2.19 bits per heavy atom. The van der Waals surface area contributed by atoms with E-state index < -0.39 is 32.1 Å². The van der Waals surface area contributed by atoms with Crippen LogP contribution < -0.4 is 14.4 Å². The quantitative estimate of drug-likeness (QED) is 0.442. The Morgan fingerprint density at radius 2 is 1.54 bits per heavy atom. The van der Waals surface area contributed by atoms with E-state index in [1.807, 2.05) is 6.07 Å². The van der Waals surface area contributed by atoms with Crippen LogP contribution in [0, 0.1) is 0 Å². The van der Waals surface area contributed by atoms with Gasteiger partial charge in [0.15, 0.2) is 6.10 Å². The molecule has 1 aliphatic rings. The molecule has 0 radical (unpaired) electrons. The maximum Gasteiger partial charge on any atom is 0.267 e. The molecule has 11 heteroatoms. The van der Waals surface area contributed by atoms with Crippen molar-refractivity contribution in [2.45, 2.75) is 30.6 Å². The number of nitrogens with one attached hydrogen (secondary N) is 1. The third kappa shape index (κ3) is 5.79. The van der Waals surface area contributed by atoms with Gasteiger partial charge in [-0.1, -0.05) is 56.3 Å². The normalized spacial score (nSPS) is 15.6. The van der Waals surface area contributed by atoms with Gasteiger partial charge in [0, 0.05) is 18.8 Å². The highest BCUT2D eigenvalue weighted by Crippen LogP contribution is 2.36. The van der Waals surface area contributed by atoms with Crippen LogP contribution in [0.1, 0.15) is 19.4 Å². The van der Waals surface area contributed by atoms with Gasteiger partial charge in [-0.25, -0.2) is 16.8 Å². The minimum absolute atomic E-state index is 0.121. The highest BCUT2D eigenvalue weighted by atomic mass is 32.2. The second-order valence-electron chi connectivity index (χ2n) is 8.45. The fourth-order valence-corrected chi connectivity index (χ4v) is 7.15. The number of amides is 1. The molecule has 9 nitrogen and oxygen atoms in total. The monoisotopic (exact) mass is 543 g/mol. The maximum absolute atomic E-state index is 13.4. The van der Waals surface area contributed by atoms with Gasteiger partial charge in [-0.3, -0.25) is 9.10 Å². The zero-order valence-corrected chi connectivity index (χ0v) is 22.2. The summed E-state index contributed by atoms with van der Waals surface area (Å²) in [5, 5.41) is 2.71. The number of benzene rings is 3. The van der Waals surface area contributed by atoms with Gasteiger partial charge >= 0.3 is 0 Å². The van der Waals surface area contributed by atoms with Crippen molar-refractivity contribution in [3.8, 4) is 5.75 Å². The van der Waals surface area contributed by atoms with E-state index >= 15 is 0 Å². The molecule has 4 rings (SSSR count). The number of carbonyl (C=O) groups is 1. The molecule has 0 fully saturated rings. The summed E-state index contributed by atoms with van der Waals surface area (Å²) in [5.41, 5.74) is 1.37. The SMILES string of the molecule is CCN(CC)S(=O)(=O)c1ccc(NC(=O)C2CN(S(=O)(=O)Cc3ccccc3)c3ccccc3O2)cc1. The summed E-state index contributed by atoms with van der Waals surface area (Å²) in [7, 11) is -7.45. The number of fused-ring (bicyclic) bond motifs is 1. The zero-order chi connectivity index (χ0) is 26.6. The summed E-state index contributed by atoms with van der Waals surface area (Å²) in [6, 6.07) is 21.3. The van der Waals surface area contributed by atoms with Crippen molar-refractivity contribution >= 4 is 37.3 Å². The molecular weight excluding hydrogens is 514 g/mol. The molecule has 0 spiro atoms. The lowest BCUT2D eigenvalue weighted by Crippen LogP contribution is -2.49. The first-order chi connectivity index (χ1) is 17.7. The molecule has 1 unspecified atom stereocenters. The molecule has 3 aromatic carbocycles. The minimum atomic E-state index is -3.82. The number of hydrogen-bond acceptors (Lipinski definition) is 6. The van der Waals surface area contributed by atoms with Crippen molar-refractivity contribution in [3.05, 3.63) is 84.4 Å². The number of hydrogen-bond donors (Lipinski definition) is 1. The maximum atomic E-state index is 13.4. The Kier molecular flexibility index (Phi) is 7.86. The number of nitrogens with zero attached hydrogens (tertiary/aromatic N) is 2. The van der Waals surface area contributed by atoms with Crippen LogP contribution >= 0.6 is 0 Å². The van der Waals surface area contributed by atoms with Gasteiger partial charge in [0.25, 0.3) is 5.91 Å². The number of anilines is 2. The average Bonchev–Trinajstić information content (AvgIpc) is 2.89. The van der Waals surface area contributed by atoms with Crippen molar-refractivity contribution in [3.63, 3.8) is 0 Å². The predicted octanol–water partition coefficient (Wildman–Crippen LogP) is 3.45. The van der Waals surface area contributed by atoms with Crippen molar-refractivity contribution < 1.29 is 26.4 Å². The zero-order valence-electron chi connectivity index (χ0n) is 20.6. The van der Waals surface area contributed by atoms with E-state index in [-0.39, 0.29) is 22.9 Å². The van der Waals surface area contributed by atoms with E-state index in [0.717, 1.165) is 0 Å². The van der Waals surface area contributed by atoms with Crippen LogP contribution in [0.4, 0.5) is 11.4 Å². The summed E-state index contributed by atoms with van der Waals surface area (Å²) in [6.45, 7) is 4.03. The first-order valence-electron chi connectivity index (χ1n) is 11.9. The van der Waals surface area contributed by atoms with E-state index in [1.165, 1.54) is 32.9 Å². The third-order valence-electron chi connectivity index (χ3n) is 6.02. The van der Waals surface area contributed by atoms with E-state index in [9.17, 15) is 21.6 Å². The molecule has 0 saturated carbocycles. The molecule has 37 heavy (non-hydrogen) atoms. The largest absolute Gasteiger partial charge is 0.476 e. The fourth-order valence-electron chi connectivity index (χ4n) is 4.11. The molecular formula is C26H29N3O6S2. The molecule has 1 heterocycles. The number of rotatable bonds is 9. The standard InChI is InChI=1S/C26H29N3O6S2/c1-3-28(4-2)37(33,34)22-16-14-21(15-17-22)27-26(30)25-18-29(23-12-8-9-13-24(23)35-25)36(31,32)19-20-10-6-5-7-11-20/h5-17,25H,3-4,18-19H2,1-2H3,(H,27,30). The van der Waals surface area contributed by atoms with Gasteiger partial charge in [0.2, 0.25) is 20.0 Å². The van der Waals surface area contributed by atoms with Crippen molar-refractivity contribution in [2.75, 3.05) is 29.3 Å². The first-order valence-corrected chi connectivity index (χ1v) is 14.9. The van der Waals surface area contributed by atoms with Gasteiger partial charge in [0.05, 0.1) is 22.9 Å². The highest BCUT2D eigenvalue weighted by molar-refractivity contribution is 7.92.